The van der Waals surface area contributed by atoms with Crippen LogP contribution in [-0.2, 0) is 0 Å². The zero-order chi connectivity index (χ0) is 33.5. The van der Waals surface area contributed by atoms with E-state index >= 15 is 0 Å². The molecule has 0 N–H and O–H groups in total. The molecule has 10 rings (SSSR count). The lowest BCUT2D eigenvalue weighted by Gasteiger charge is -2.13. The molecule has 0 bridgehead atoms. The van der Waals surface area contributed by atoms with Crippen molar-refractivity contribution in [1.29, 1.82) is 0 Å². The van der Waals surface area contributed by atoms with Crippen LogP contribution in [0, 0.1) is 20.8 Å². The molecule has 0 atom stereocenters. The predicted molar refractivity (Wildman–Crippen MR) is 201 cm³/mol. The van der Waals surface area contributed by atoms with Crippen LogP contribution >= 0.6 is 0 Å². The summed E-state index contributed by atoms with van der Waals surface area (Å²) in [5.74, 6) is 1.43. The number of fused-ring (bicyclic) bond motifs is 12. The van der Waals surface area contributed by atoms with E-state index in [4.69, 9.17) is 24.7 Å². The van der Waals surface area contributed by atoms with E-state index in [1.807, 2.05) is 61.1 Å². The molecule has 7 heteroatoms. The van der Waals surface area contributed by atoms with Crippen molar-refractivity contribution in [3.8, 4) is 34.0 Å². The van der Waals surface area contributed by atoms with Gasteiger partial charge in [0.1, 0.15) is 28.4 Å². The fraction of sp³-hybridized carbons (Fsp3) is 0.0698. The Morgan fingerprint density at radius 3 is 2.08 bits per heavy atom. The topological polar surface area (TPSA) is 69.6 Å². The van der Waals surface area contributed by atoms with Gasteiger partial charge in [0.2, 0.25) is 0 Å². The average molecular weight is 647 g/mol. The molecule has 0 saturated carbocycles. The van der Waals surface area contributed by atoms with E-state index in [-0.39, 0.29) is 0 Å². The van der Waals surface area contributed by atoms with Crippen LogP contribution in [-0.4, -0.2) is 28.7 Å². The first-order valence-corrected chi connectivity index (χ1v) is 16.7. The molecular weight excluding hydrogens is 617 g/mol. The van der Waals surface area contributed by atoms with Gasteiger partial charge in [0, 0.05) is 51.3 Å². The van der Waals surface area contributed by atoms with Crippen LogP contribution < -0.4 is 4.74 Å². The van der Waals surface area contributed by atoms with Gasteiger partial charge in [0.25, 0.3) is 0 Å². The zero-order valence-corrected chi connectivity index (χ0v) is 27.7. The number of ether oxygens (including phenoxy) is 1. The number of rotatable bonds is 4. The second kappa shape index (κ2) is 10.7. The molecule has 0 amide bonds. The standard InChI is InChI=1S/C43H30N6O/c1-25-19-26(2)39(27(3)20-25)36-24-48-37-12-8-17-44-40(37)32-16-14-30(22-35(32)43(48)47-36)50-29-13-15-31-33-11-7-18-45-41(33)49-38(28-9-5-4-6-10-28)23-46-42(49)34(31)21-29/h4-24H,1-3H3. The SMILES string of the molecule is Cc1cc(C)c(-c2cn3c4cccnc4c4ccc(Oc5ccc6c7cccnc7n7c(-c8ccccc8)cnc7c6c5)cc4c3n2)c(C)c1. The molecular formula is C43H30N6O. The summed E-state index contributed by atoms with van der Waals surface area (Å²) in [4.78, 5) is 19.8. The van der Waals surface area contributed by atoms with Crippen LogP contribution in [0.3, 0.4) is 0 Å². The van der Waals surface area contributed by atoms with E-state index < -0.39 is 0 Å². The summed E-state index contributed by atoms with van der Waals surface area (Å²) in [7, 11) is 0. The first-order valence-electron chi connectivity index (χ1n) is 16.7. The Hall–Kier alpha value is -6.60. The maximum absolute atomic E-state index is 6.64. The van der Waals surface area contributed by atoms with Gasteiger partial charge in [0.15, 0.2) is 0 Å². The van der Waals surface area contributed by atoms with Gasteiger partial charge in [-0.05, 0) is 97.9 Å². The Labute approximate surface area is 287 Å². The number of aromatic nitrogens is 6. The van der Waals surface area contributed by atoms with E-state index in [0.717, 1.165) is 83.2 Å². The van der Waals surface area contributed by atoms with Gasteiger partial charge in [-0.2, -0.15) is 0 Å². The number of imidazole rings is 2. The molecule has 0 saturated heterocycles. The number of hydrogen-bond acceptors (Lipinski definition) is 5. The van der Waals surface area contributed by atoms with Gasteiger partial charge in [-0.3, -0.25) is 13.8 Å². The van der Waals surface area contributed by atoms with E-state index in [1.165, 1.54) is 16.7 Å². The third kappa shape index (κ3) is 4.23. The maximum atomic E-state index is 6.64. The minimum atomic E-state index is 0.716. The summed E-state index contributed by atoms with van der Waals surface area (Å²) < 4.78 is 11.0. The van der Waals surface area contributed by atoms with Crippen molar-refractivity contribution in [2.45, 2.75) is 20.8 Å². The summed E-state index contributed by atoms with van der Waals surface area (Å²) in [6, 6.07) is 35.3. The molecule has 0 spiro atoms. The lowest BCUT2D eigenvalue weighted by atomic mass is 9.98. The van der Waals surface area contributed by atoms with Crippen molar-refractivity contribution >= 4 is 54.9 Å². The molecule has 0 unspecified atom stereocenters. The summed E-state index contributed by atoms with van der Waals surface area (Å²) in [6.45, 7) is 6.45. The molecule has 6 heterocycles. The van der Waals surface area contributed by atoms with Crippen molar-refractivity contribution in [3.05, 3.63) is 145 Å². The van der Waals surface area contributed by atoms with Crippen molar-refractivity contribution in [1.82, 2.24) is 28.7 Å². The second-order valence-corrected chi connectivity index (χ2v) is 13.0. The number of nitrogens with zero attached hydrogens (tertiary/aromatic N) is 6. The predicted octanol–water partition coefficient (Wildman–Crippen LogP) is 10.4. The number of hydrogen-bond donors (Lipinski definition) is 0. The van der Waals surface area contributed by atoms with Crippen LogP contribution in [0.25, 0.3) is 77.4 Å². The minimum Gasteiger partial charge on any atom is -0.457 e. The first kappa shape index (κ1) is 28.4. The minimum absolute atomic E-state index is 0.716. The Morgan fingerprint density at radius 2 is 1.28 bits per heavy atom. The largest absolute Gasteiger partial charge is 0.457 e. The highest BCUT2D eigenvalue weighted by Crippen LogP contribution is 2.38. The van der Waals surface area contributed by atoms with Crippen LogP contribution in [0.4, 0.5) is 0 Å². The fourth-order valence-corrected chi connectivity index (χ4v) is 7.73. The van der Waals surface area contributed by atoms with Gasteiger partial charge in [0.05, 0.1) is 28.6 Å². The highest BCUT2D eigenvalue weighted by molar-refractivity contribution is 6.12. The molecule has 4 aromatic carbocycles. The Kier molecular flexibility index (Phi) is 6.08. The summed E-state index contributed by atoms with van der Waals surface area (Å²) in [6.07, 6.45) is 7.75. The lowest BCUT2D eigenvalue weighted by Crippen LogP contribution is -1.96. The molecule has 10 aromatic rings. The van der Waals surface area contributed by atoms with Gasteiger partial charge >= 0.3 is 0 Å². The fourth-order valence-electron chi connectivity index (χ4n) is 7.73. The smallest absolute Gasteiger partial charge is 0.146 e. The molecule has 0 radical (unpaired) electrons. The Bertz CT molecular complexity index is 2970. The molecule has 6 aromatic heterocycles. The highest BCUT2D eigenvalue weighted by Gasteiger charge is 2.18. The lowest BCUT2D eigenvalue weighted by molar-refractivity contribution is 0.484. The second-order valence-electron chi connectivity index (χ2n) is 13.0. The molecule has 0 fully saturated rings. The van der Waals surface area contributed by atoms with Gasteiger partial charge in [-0.1, -0.05) is 48.0 Å². The van der Waals surface area contributed by atoms with E-state index in [0.29, 0.717) is 5.75 Å². The maximum Gasteiger partial charge on any atom is 0.146 e. The number of benzene rings is 4. The monoisotopic (exact) mass is 646 g/mol. The number of pyridine rings is 4. The van der Waals surface area contributed by atoms with Gasteiger partial charge < -0.3 is 4.74 Å². The quantitative estimate of drug-likeness (QED) is 0.178. The van der Waals surface area contributed by atoms with Gasteiger partial charge in [-0.15, -0.1) is 0 Å². The highest BCUT2D eigenvalue weighted by atomic mass is 16.5. The van der Waals surface area contributed by atoms with Crippen LogP contribution in [0.15, 0.2) is 128 Å². The first-order chi connectivity index (χ1) is 24.5. The normalized spacial score (nSPS) is 11.9. The third-order valence-electron chi connectivity index (χ3n) is 9.76. The van der Waals surface area contributed by atoms with E-state index in [2.05, 4.69) is 96.4 Å². The summed E-state index contributed by atoms with van der Waals surface area (Å²) in [5, 5.41) is 5.12. The van der Waals surface area contributed by atoms with E-state index in [1.54, 1.807) is 0 Å². The molecule has 50 heavy (non-hydrogen) atoms. The Morgan fingerprint density at radius 1 is 0.580 bits per heavy atom. The van der Waals surface area contributed by atoms with Gasteiger partial charge in [-0.25, -0.2) is 15.0 Å². The van der Waals surface area contributed by atoms with Crippen molar-refractivity contribution in [2.75, 3.05) is 0 Å². The average Bonchev–Trinajstić information content (AvgIpc) is 3.78. The molecule has 7 nitrogen and oxygen atoms in total. The van der Waals surface area contributed by atoms with Crippen LogP contribution in [0.5, 0.6) is 11.5 Å². The molecule has 0 aliphatic carbocycles. The van der Waals surface area contributed by atoms with Crippen molar-refractivity contribution in [3.63, 3.8) is 0 Å². The molecule has 238 valence electrons. The molecule has 0 aliphatic heterocycles. The third-order valence-corrected chi connectivity index (χ3v) is 9.76. The number of aryl methyl sites for hydroxylation is 3. The Balaban J connectivity index is 1.15. The van der Waals surface area contributed by atoms with Crippen molar-refractivity contribution in [2.24, 2.45) is 0 Å². The van der Waals surface area contributed by atoms with Crippen LogP contribution in [0.2, 0.25) is 0 Å². The zero-order valence-electron chi connectivity index (χ0n) is 27.7. The van der Waals surface area contributed by atoms with Crippen molar-refractivity contribution < 1.29 is 4.74 Å². The summed E-state index contributed by atoms with van der Waals surface area (Å²) in [5.41, 5.74) is 12.4. The van der Waals surface area contributed by atoms with E-state index in [9.17, 15) is 0 Å². The summed E-state index contributed by atoms with van der Waals surface area (Å²) >= 11 is 0. The molecule has 0 aliphatic rings. The van der Waals surface area contributed by atoms with Crippen LogP contribution in [0.1, 0.15) is 16.7 Å².